The molecule has 0 aliphatic heterocycles. The molecule has 0 amide bonds. The van der Waals surface area contributed by atoms with E-state index in [4.69, 9.17) is 4.74 Å². The van der Waals surface area contributed by atoms with Gasteiger partial charge in [-0.05, 0) is 64.1 Å². The van der Waals surface area contributed by atoms with Crippen molar-refractivity contribution in [3.8, 4) is 5.75 Å². The molecule has 2 nitrogen and oxygen atoms in total. The summed E-state index contributed by atoms with van der Waals surface area (Å²) in [6, 6.07) is 2.03. The minimum absolute atomic E-state index is 0.459. The van der Waals surface area contributed by atoms with Gasteiger partial charge in [0.05, 0.1) is 15.9 Å². The summed E-state index contributed by atoms with van der Waals surface area (Å²) in [7, 11) is 0. The van der Waals surface area contributed by atoms with E-state index in [1.54, 1.807) is 0 Å². The van der Waals surface area contributed by atoms with Gasteiger partial charge in [0.15, 0.2) is 5.75 Å². The largest absolute Gasteiger partial charge is 0.488 e. The molecule has 0 radical (unpaired) electrons. The summed E-state index contributed by atoms with van der Waals surface area (Å²) in [5.41, 5.74) is 0. The highest BCUT2D eigenvalue weighted by atomic mass is 127. The maximum Gasteiger partial charge on any atom is 0.151 e. The van der Waals surface area contributed by atoms with Gasteiger partial charge in [-0.15, -0.1) is 0 Å². The van der Waals surface area contributed by atoms with E-state index in [1.165, 1.54) is 12.8 Å². The van der Waals surface area contributed by atoms with Crippen molar-refractivity contribution in [1.29, 1.82) is 0 Å². The number of ether oxygens (including phenoxy) is 1. The molecule has 0 unspecified atom stereocenters. The van der Waals surface area contributed by atoms with Crippen molar-refractivity contribution in [2.24, 2.45) is 0 Å². The molecule has 4 heteroatoms. The second-order valence-electron chi connectivity index (χ2n) is 2.75. The molecule has 2 rings (SSSR count). The Morgan fingerprint density at radius 2 is 2.17 bits per heavy atom. The van der Waals surface area contributed by atoms with E-state index in [2.05, 4.69) is 50.2 Å². The maximum absolute atomic E-state index is 5.64. The van der Waals surface area contributed by atoms with Crippen LogP contribution in [0.3, 0.4) is 0 Å². The molecule has 0 saturated heterocycles. The van der Waals surface area contributed by atoms with E-state index >= 15 is 0 Å². The van der Waals surface area contributed by atoms with Crippen LogP contribution in [0.1, 0.15) is 12.8 Å². The summed E-state index contributed by atoms with van der Waals surface area (Å²) in [5.74, 6) is 0.929. The molecule has 1 aliphatic carbocycles. The lowest BCUT2D eigenvalue weighted by molar-refractivity contribution is 0.299. The minimum Gasteiger partial charge on any atom is -0.488 e. The molecule has 12 heavy (non-hydrogen) atoms. The molecule has 0 aromatic carbocycles. The zero-order valence-corrected chi connectivity index (χ0v) is 10.6. The van der Waals surface area contributed by atoms with Gasteiger partial charge < -0.3 is 4.74 Å². The predicted molar refractivity (Wildman–Crippen MR) is 63.3 cm³/mol. The molecule has 0 bridgehead atoms. The standard InChI is InChI=1S/C8H7I2NO/c9-6-3-8(10)11-4-7(6)12-5-1-2-5/h3-5H,1-2H2. The quantitative estimate of drug-likeness (QED) is 0.576. The number of aromatic nitrogens is 1. The number of halogens is 2. The Kier molecular flexibility index (Phi) is 2.73. The highest BCUT2D eigenvalue weighted by Gasteiger charge is 2.24. The molecule has 1 heterocycles. The van der Waals surface area contributed by atoms with Crippen LogP contribution < -0.4 is 4.74 Å². The number of pyridine rings is 1. The van der Waals surface area contributed by atoms with Crippen LogP contribution in [-0.4, -0.2) is 11.1 Å². The smallest absolute Gasteiger partial charge is 0.151 e. The molecular formula is C8H7I2NO. The summed E-state index contributed by atoms with van der Waals surface area (Å²) in [5, 5.41) is 0. The van der Waals surface area contributed by atoms with E-state index in [1.807, 2.05) is 12.3 Å². The van der Waals surface area contributed by atoms with Gasteiger partial charge in [-0.1, -0.05) is 0 Å². The minimum atomic E-state index is 0.459. The molecule has 1 saturated carbocycles. The van der Waals surface area contributed by atoms with Crippen molar-refractivity contribution >= 4 is 45.2 Å². The van der Waals surface area contributed by atoms with E-state index in [9.17, 15) is 0 Å². The van der Waals surface area contributed by atoms with Crippen LogP contribution in [-0.2, 0) is 0 Å². The average molecular weight is 387 g/mol. The first kappa shape index (κ1) is 8.98. The highest BCUT2D eigenvalue weighted by Crippen LogP contribution is 2.29. The fourth-order valence-electron chi connectivity index (χ4n) is 0.847. The highest BCUT2D eigenvalue weighted by molar-refractivity contribution is 14.1. The van der Waals surface area contributed by atoms with Gasteiger partial charge >= 0.3 is 0 Å². The van der Waals surface area contributed by atoms with Crippen LogP contribution in [0.25, 0.3) is 0 Å². The second-order valence-corrected chi connectivity index (χ2v) is 5.02. The van der Waals surface area contributed by atoms with Gasteiger partial charge in [0.1, 0.15) is 3.70 Å². The fourth-order valence-corrected chi connectivity index (χ4v) is 2.45. The zero-order chi connectivity index (χ0) is 8.55. The van der Waals surface area contributed by atoms with Gasteiger partial charge in [0.25, 0.3) is 0 Å². The first-order valence-corrected chi connectivity index (χ1v) is 5.89. The van der Waals surface area contributed by atoms with Crippen molar-refractivity contribution in [2.45, 2.75) is 18.9 Å². The number of hydrogen-bond donors (Lipinski definition) is 0. The van der Waals surface area contributed by atoms with Crippen LogP contribution in [0.5, 0.6) is 5.75 Å². The van der Waals surface area contributed by atoms with E-state index in [0.29, 0.717) is 6.10 Å². The van der Waals surface area contributed by atoms with Gasteiger partial charge in [-0.25, -0.2) is 4.98 Å². The van der Waals surface area contributed by atoms with E-state index in [-0.39, 0.29) is 0 Å². The number of rotatable bonds is 2. The molecule has 0 N–H and O–H groups in total. The molecule has 1 aliphatic rings. The Balaban J connectivity index is 2.18. The Labute approximate surface area is 98.4 Å². The topological polar surface area (TPSA) is 22.1 Å². The summed E-state index contributed by atoms with van der Waals surface area (Å²) in [4.78, 5) is 4.18. The van der Waals surface area contributed by atoms with Crippen LogP contribution in [0.4, 0.5) is 0 Å². The molecule has 1 aromatic heterocycles. The van der Waals surface area contributed by atoms with Gasteiger partial charge in [0.2, 0.25) is 0 Å². The van der Waals surface area contributed by atoms with Crippen molar-refractivity contribution < 1.29 is 4.74 Å². The van der Waals surface area contributed by atoms with E-state index in [0.717, 1.165) is 13.0 Å². The number of hydrogen-bond acceptors (Lipinski definition) is 2. The normalized spacial score (nSPS) is 16.2. The summed E-state index contributed by atoms with van der Waals surface area (Å²) in [6.45, 7) is 0. The van der Waals surface area contributed by atoms with Gasteiger partial charge in [-0.2, -0.15) is 0 Å². The maximum atomic E-state index is 5.64. The second kappa shape index (κ2) is 3.65. The van der Waals surface area contributed by atoms with Crippen molar-refractivity contribution in [3.05, 3.63) is 19.5 Å². The van der Waals surface area contributed by atoms with Crippen molar-refractivity contribution in [3.63, 3.8) is 0 Å². The van der Waals surface area contributed by atoms with Crippen molar-refractivity contribution in [1.82, 2.24) is 4.98 Å². The zero-order valence-electron chi connectivity index (χ0n) is 6.26. The van der Waals surface area contributed by atoms with Crippen LogP contribution in [0.2, 0.25) is 0 Å². The van der Waals surface area contributed by atoms with Gasteiger partial charge in [0, 0.05) is 0 Å². The van der Waals surface area contributed by atoms with Crippen molar-refractivity contribution in [2.75, 3.05) is 0 Å². The Hall–Kier alpha value is 0.410. The average Bonchev–Trinajstić information content (AvgIpc) is 2.79. The Bertz CT molecular complexity index is 299. The molecule has 1 fully saturated rings. The fraction of sp³-hybridized carbons (Fsp3) is 0.375. The lowest BCUT2D eigenvalue weighted by Crippen LogP contribution is -1.98. The third kappa shape index (κ3) is 2.21. The Morgan fingerprint density at radius 1 is 1.42 bits per heavy atom. The summed E-state index contributed by atoms with van der Waals surface area (Å²) < 4.78 is 7.80. The summed E-state index contributed by atoms with van der Waals surface area (Å²) >= 11 is 4.48. The third-order valence-electron chi connectivity index (χ3n) is 1.60. The lowest BCUT2D eigenvalue weighted by Gasteiger charge is -2.05. The molecule has 0 atom stereocenters. The molecule has 64 valence electrons. The predicted octanol–water partition coefficient (Wildman–Crippen LogP) is 2.83. The molecular weight excluding hydrogens is 380 g/mol. The summed E-state index contributed by atoms with van der Waals surface area (Å²) in [6.07, 6.45) is 4.66. The third-order valence-corrected chi connectivity index (χ3v) is 3.04. The van der Waals surface area contributed by atoms with E-state index < -0.39 is 0 Å². The molecule has 0 spiro atoms. The number of nitrogens with zero attached hydrogens (tertiary/aromatic N) is 1. The first-order chi connectivity index (χ1) is 5.75. The Morgan fingerprint density at radius 3 is 2.75 bits per heavy atom. The van der Waals surface area contributed by atoms with Crippen LogP contribution >= 0.6 is 45.2 Å². The molecule has 1 aromatic rings. The monoisotopic (exact) mass is 387 g/mol. The first-order valence-electron chi connectivity index (χ1n) is 3.73. The van der Waals surface area contributed by atoms with Crippen LogP contribution in [0.15, 0.2) is 12.3 Å². The van der Waals surface area contributed by atoms with Crippen LogP contribution in [0, 0.1) is 7.27 Å². The SMILES string of the molecule is Ic1cc(I)c(OC2CC2)cn1. The lowest BCUT2D eigenvalue weighted by atomic mass is 10.5. The van der Waals surface area contributed by atoms with Gasteiger partial charge in [-0.3, -0.25) is 0 Å².